The fourth-order valence-corrected chi connectivity index (χ4v) is 2.72. The first-order valence-electron chi connectivity index (χ1n) is 9.12. The van der Waals surface area contributed by atoms with Crippen LogP contribution >= 0.6 is 0 Å². The second-order valence-corrected chi connectivity index (χ2v) is 6.48. The average molecular weight is 353 g/mol. The van der Waals surface area contributed by atoms with Crippen LogP contribution in [0.1, 0.15) is 24.5 Å². The Morgan fingerprint density at radius 1 is 1.08 bits per heavy atom. The van der Waals surface area contributed by atoms with Crippen molar-refractivity contribution in [3.63, 3.8) is 0 Å². The number of nitrogens with zero attached hydrogens (tertiary/aromatic N) is 1. The van der Waals surface area contributed by atoms with Crippen LogP contribution in [0.15, 0.2) is 53.5 Å². The summed E-state index contributed by atoms with van der Waals surface area (Å²) in [6, 6.07) is 16.8. The van der Waals surface area contributed by atoms with Crippen molar-refractivity contribution >= 4 is 11.6 Å². The summed E-state index contributed by atoms with van der Waals surface area (Å²) in [5, 5.41) is 6.49. The van der Waals surface area contributed by atoms with E-state index in [-0.39, 0.29) is 6.10 Å². The monoisotopic (exact) mass is 353 g/mol. The van der Waals surface area contributed by atoms with Gasteiger partial charge in [-0.15, -0.1) is 0 Å². The van der Waals surface area contributed by atoms with Gasteiger partial charge in [0.2, 0.25) is 0 Å². The van der Waals surface area contributed by atoms with Crippen molar-refractivity contribution < 1.29 is 9.47 Å². The molecule has 0 aromatic heterocycles. The van der Waals surface area contributed by atoms with Gasteiger partial charge in [0.15, 0.2) is 5.96 Å². The molecule has 0 bridgehead atoms. The number of ether oxygens (including phenoxy) is 2. The Balaban J connectivity index is 1.49. The molecule has 0 fully saturated rings. The quantitative estimate of drug-likeness (QED) is 0.763. The van der Waals surface area contributed by atoms with Crippen LogP contribution in [0.25, 0.3) is 0 Å². The van der Waals surface area contributed by atoms with Gasteiger partial charge in [-0.1, -0.05) is 24.3 Å². The molecule has 1 atom stereocenters. The number of rotatable bonds is 8. The Labute approximate surface area is 155 Å². The second-order valence-electron chi connectivity index (χ2n) is 6.48. The Morgan fingerprint density at radius 2 is 1.77 bits per heavy atom. The van der Waals surface area contributed by atoms with Crippen molar-refractivity contribution in [1.82, 2.24) is 5.32 Å². The summed E-state index contributed by atoms with van der Waals surface area (Å²) in [6.45, 7) is 4.46. The van der Waals surface area contributed by atoms with Crippen LogP contribution in [0.4, 0.5) is 5.69 Å². The van der Waals surface area contributed by atoms with E-state index in [0.717, 1.165) is 43.3 Å². The number of methoxy groups -OCH3 is 1. The molecule has 1 unspecified atom stereocenters. The lowest BCUT2D eigenvalue weighted by atomic mass is 10.0. The van der Waals surface area contributed by atoms with E-state index in [4.69, 9.17) is 9.47 Å². The molecule has 2 aromatic carbocycles. The van der Waals surface area contributed by atoms with Gasteiger partial charge in [0, 0.05) is 25.8 Å². The van der Waals surface area contributed by atoms with E-state index in [0.29, 0.717) is 6.61 Å². The van der Waals surface area contributed by atoms with Crippen LogP contribution in [0, 0.1) is 0 Å². The molecule has 1 heterocycles. The van der Waals surface area contributed by atoms with Gasteiger partial charge in [0.25, 0.3) is 0 Å². The highest BCUT2D eigenvalue weighted by molar-refractivity contribution is 5.94. The van der Waals surface area contributed by atoms with E-state index in [1.165, 1.54) is 11.1 Å². The smallest absolute Gasteiger partial charge is 0.195 e. The minimum absolute atomic E-state index is 0.225. The van der Waals surface area contributed by atoms with Gasteiger partial charge >= 0.3 is 0 Å². The zero-order chi connectivity index (χ0) is 18.2. The SMILES string of the molecule is COC(C)CCOc1ccc(Cc2ccc(NC3=NCCN3)cc2)cc1. The summed E-state index contributed by atoms with van der Waals surface area (Å²) < 4.78 is 11.0. The number of nitrogens with one attached hydrogen (secondary N) is 2. The molecule has 1 aliphatic heterocycles. The van der Waals surface area contributed by atoms with Crippen molar-refractivity contribution in [3.8, 4) is 5.75 Å². The molecular formula is C21H27N3O2. The molecule has 0 saturated heterocycles. The van der Waals surface area contributed by atoms with E-state index in [9.17, 15) is 0 Å². The summed E-state index contributed by atoms with van der Waals surface area (Å²) in [4.78, 5) is 4.34. The van der Waals surface area contributed by atoms with Crippen LogP contribution in [-0.2, 0) is 11.2 Å². The number of benzene rings is 2. The maximum absolute atomic E-state index is 5.76. The highest BCUT2D eigenvalue weighted by atomic mass is 16.5. The zero-order valence-electron chi connectivity index (χ0n) is 15.5. The molecule has 0 saturated carbocycles. The summed E-state index contributed by atoms with van der Waals surface area (Å²) in [7, 11) is 1.72. The van der Waals surface area contributed by atoms with E-state index < -0.39 is 0 Å². The van der Waals surface area contributed by atoms with Crippen molar-refractivity contribution in [2.24, 2.45) is 4.99 Å². The van der Waals surface area contributed by atoms with Crippen LogP contribution in [0.3, 0.4) is 0 Å². The molecule has 5 heteroatoms. The predicted octanol–water partition coefficient (Wildman–Crippen LogP) is 3.45. The maximum Gasteiger partial charge on any atom is 0.195 e. The maximum atomic E-state index is 5.76. The Morgan fingerprint density at radius 3 is 2.38 bits per heavy atom. The lowest BCUT2D eigenvalue weighted by Gasteiger charge is -2.11. The number of hydrogen-bond donors (Lipinski definition) is 2. The zero-order valence-corrected chi connectivity index (χ0v) is 15.5. The van der Waals surface area contributed by atoms with Gasteiger partial charge in [-0.05, 0) is 48.7 Å². The standard InChI is InChI=1S/C21H27N3O2/c1-16(25-2)11-14-26-20-9-5-18(6-10-20)15-17-3-7-19(8-4-17)24-21-22-12-13-23-21/h3-10,16H,11-15H2,1-2H3,(H2,22,23,24). The van der Waals surface area contributed by atoms with Gasteiger partial charge in [0.05, 0.1) is 19.3 Å². The first-order chi connectivity index (χ1) is 12.7. The van der Waals surface area contributed by atoms with Crippen molar-refractivity contribution in [2.45, 2.75) is 25.9 Å². The molecule has 2 N–H and O–H groups in total. The third-order valence-corrected chi connectivity index (χ3v) is 4.42. The van der Waals surface area contributed by atoms with E-state index in [2.05, 4.69) is 52.0 Å². The first-order valence-corrected chi connectivity index (χ1v) is 9.12. The number of hydrogen-bond acceptors (Lipinski definition) is 5. The largest absolute Gasteiger partial charge is 0.493 e. The van der Waals surface area contributed by atoms with E-state index >= 15 is 0 Å². The topological polar surface area (TPSA) is 54.9 Å². The molecule has 0 aliphatic carbocycles. The molecule has 0 radical (unpaired) electrons. The van der Waals surface area contributed by atoms with Crippen molar-refractivity contribution in [2.75, 3.05) is 32.1 Å². The van der Waals surface area contributed by atoms with E-state index in [1.54, 1.807) is 7.11 Å². The lowest BCUT2D eigenvalue weighted by Crippen LogP contribution is -2.26. The molecule has 0 amide bonds. The van der Waals surface area contributed by atoms with Gasteiger partial charge in [0.1, 0.15) is 5.75 Å². The fourth-order valence-electron chi connectivity index (χ4n) is 2.72. The van der Waals surface area contributed by atoms with Crippen LogP contribution in [0.5, 0.6) is 5.75 Å². The first kappa shape index (κ1) is 18.3. The molecule has 5 nitrogen and oxygen atoms in total. The summed E-state index contributed by atoms with van der Waals surface area (Å²) >= 11 is 0. The average Bonchev–Trinajstić information content (AvgIpc) is 3.17. The van der Waals surface area contributed by atoms with Crippen LogP contribution < -0.4 is 15.4 Å². The molecule has 26 heavy (non-hydrogen) atoms. The molecular weight excluding hydrogens is 326 g/mol. The minimum atomic E-state index is 0.225. The summed E-state index contributed by atoms with van der Waals surface area (Å²) in [5.41, 5.74) is 3.60. The lowest BCUT2D eigenvalue weighted by molar-refractivity contribution is 0.0955. The second kappa shape index (κ2) is 9.25. The highest BCUT2D eigenvalue weighted by Crippen LogP contribution is 2.17. The summed E-state index contributed by atoms with van der Waals surface area (Å²) in [6.07, 6.45) is 2.02. The predicted molar refractivity (Wildman–Crippen MR) is 106 cm³/mol. The third-order valence-electron chi connectivity index (χ3n) is 4.42. The fraction of sp³-hybridized carbons (Fsp3) is 0.381. The van der Waals surface area contributed by atoms with Gasteiger partial charge in [-0.25, -0.2) is 0 Å². The number of anilines is 1. The molecule has 2 aromatic rings. The number of guanidine groups is 1. The molecule has 3 rings (SSSR count). The van der Waals surface area contributed by atoms with Crippen LogP contribution in [0.2, 0.25) is 0 Å². The number of aliphatic imine (C=N–C) groups is 1. The molecule has 0 spiro atoms. The van der Waals surface area contributed by atoms with Crippen molar-refractivity contribution in [1.29, 1.82) is 0 Å². The van der Waals surface area contributed by atoms with Crippen molar-refractivity contribution in [3.05, 3.63) is 59.7 Å². The Kier molecular flexibility index (Phi) is 6.50. The van der Waals surface area contributed by atoms with Gasteiger partial charge in [-0.3, -0.25) is 4.99 Å². The normalized spacial score (nSPS) is 14.5. The van der Waals surface area contributed by atoms with Gasteiger partial charge in [-0.2, -0.15) is 0 Å². The minimum Gasteiger partial charge on any atom is -0.493 e. The van der Waals surface area contributed by atoms with Crippen LogP contribution in [-0.4, -0.2) is 38.9 Å². The molecule has 138 valence electrons. The third kappa shape index (κ3) is 5.49. The van der Waals surface area contributed by atoms with E-state index in [1.807, 2.05) is 19.1 Å². The molecule has 1 aliphatic rings. The Hall–Kier alpha value is -2.53. The Bertz CT molecular complexity index is 711. The van der Waals surface area contributed by atoms with Gasteiger partial charge < -0.3 is 20.1 Å². The summed E-state index contributed by atoms with van der Waals surface area (Å²) in [5.74, 6) is 1.76. The highest BCUT2D eigenvalue weighted by Gasteiger charge is 2.05.